The lowest BCUT2D eigenvalue weighted by Gasteiger charge is -2.14. The molecule has 2 nitrogen and oxygen atoms in total. The van der Waals surface area contributed by atoms with Crippen LogP contribution in [0, 0.1) is 13.8 Å². The molecule has 0 fully saturated rings. The summed E-state index contributed by atoms with van der Waals surface area (Å²) < 4.78 is 5.91. The second-order valence-corrected chi connectivity index (χ2v) is 5.65. The molecule has 2 heteroatoms. The normalized spacial score (nSPS) is 12.7. The smallest absolute Gasteiger partial charge is 0.134 e. The molecule has 1 heterocycles. The third kappa shape index (κ3) is 2.86. The van der Waals surface area contributed by atoms with Crippen molar-refractivity contribution in [3.05, 3.63) is 71.0 Å². The molecule has 0 aliphatic carbocycles. The van der Waals surface area contributed by atoms with Crippen LogP contribution in [-0.4, -0.2) is 0 Å². The van der Waals surface area contributed by atoms with Gasteiger partial charge < -0.3 is 9.73 Å². The molecule has 3 rings (SSSR count). The molecule has 0 spiro atoms. The summed E-state index contributed by atoms with van der Waals surface area (Å²) in [7, 11) is 0. The van der Waals surface area contributed by atoms with Gasteiger partial charge in [-0.2, -0.15) is 0 Å². The molecule has 108 valence electrons. The van der Waals surface area contributed by atoms with Gasteiger partial charge in [-0.1, -0.05) is 36.4 Å². The molecule has 0 saturated carbocycles. The van der Waals surface area contributed by atoms with Crippen LogP contribution in [0.4, 0.5) is 0 Å². The lowest BCUT2D eigenvalue weighted by atomic mass is 10.0. The average Bonchev–Trinajstić information content (AvgIpc) is 2.92. The highest BCUT2D eigenvalue weighted by atomic mass is 16.3. The molecule has 0 aliphatic heterocycles. The first kappa shape index (κ1) is 13.9. The third-order valence-corrected chi connectivity index (χ3v) is 4.19. The number of hydrogen-bond donors (Lipinski definition) is 1. The lowest BCUT2D eigenvalue weighted by Crippen LogP contribution is -2.18. The minimum atomic E-state index is 0.192. The van der Waals surface area contributed by atoms with Gasteiger partial charge in [0.1, 0.15) is 11.3 Å². The van der Waals surface area contributed by atoms with Crippen molar-refractivity contribution >= 4 is 11.0 Å². The van der Waals surface area contributed by atoms with Crippen LogP contribution in [0.25, 0.3) is 11.0 Å². The van der Waals surface area contributed by atoms with Crippen molar-refractivity contribution in [1.29, 1.82) is 0 Å². The zero-order valence-electron chi connectivity index (χ0n) is 12.8. The monoisotopic (exact) mass is 279 g/mol. The largest absolute Gasteiger partial charge is 0.459 e. The van der Waals surface area contributed by atoms with Crippen LogP contribution >= 0.6 is 0 Å². The molecular formula is C19H21NO. The number of furan rings is 1. The molecule has 1 aromatic heterocycles. The van der Waals surface area contributed by atoms with Gasteiger partial charge in [-0.05, 0) is 49.6 Å². The van der Waals surface area contributed by atoms with Gasteiger partial charge in [0.2, 0.25) is 0 Å². The predicted octanol–water partition coefficient (Wildman–Crippen LogP) is 4.90. The van der Waals surface area contributed by atoms with E-state index in [1.807, 2.05) is 18.2 Å². The van der Waals surface area contributed by atoms with E-state index in [2.05, 4.69) is 56.4 Å². The molecule has 2 aromatic carbocycles. The number of rotatable bonds is 4. The van der Waals surface area contributed by atoms with Crippen LogP contribution in [0.15, 0.2) is 52.9 Å². The van der Waals surface area contributed by atoms with Crippen molar-refractivity contribution < 1.29 is 4.42 Å². The molecule has 0 amide bonds. The van der Waals surface area contributed by atoms with Crippen molar-refractivity contribution in [3.8, 4) is 0 Å². The second kappa shape index (κ2) is 5.74. The summed E-state index contributed by atoms with van der Waals surface area (Å²) in [5.74, 6) is 0.988. The average molecular weight is 279 g/mol. The molecule has 1 atom stereocenters. The molecule has 0 saturated heterocycles. The highest BCUT2D eigenvalue weighted by Gasteiger charge is 2.11. The Morgan fingerprint density at radius 2 is 1.86 bits per heavy atom. The third-order valence-electron chi connectivity index (χ3n) is 4.19. The summed E-state index contributed by atoms with van der Waals surface area (Å²) >= 11 is 0. The van der Waals surface area contributed by atoms with Crippen LogP contribution in [0.2, 0.25) is 0 Å². The Labute approximate surface area is 125 Å². The van der Waals surface area contributed by atoms with E-state index < -0.39 is 0 Å². The van der Waals surface area contributed by atoms with Crippen LogP contribution in [0.5, 0.6) is 0 Å². The van der Waals surface area contributed by atoms with Gasteiger partial charge >= 0.3 is 0 Å². The standard InChI is InChI=1S/C19H21NO/c1-13-7-6-9-17(14(13)2)12-20-15(3)19-11-16-8-4-5-10-18(16)21-19/h4-11,15,20H,12H2,1-3H3. The van der Waals surface area contributed by atoms with E-state index >= 15 is 0 Å². The van der Waals surface area contributed by atoms with E-state index in [1.54, 1.807) is 0 Å². The fraction of sp³-hybridized carbons (Fsp3) is 0.263. The van der Waals surface area contributed by atoms with Crippen LogP contribution < -0.4 is 5.32 Å². The van der Waals surface area contributed by atoms with Gasteiger partial charge in [-0.15, -0.1) is 0 Å². The van der Waals surface area contributed by atoms with Gasteiger partial charge in [-0.3, -0.25) is 0 Å². The number of hydrogen-bond acceptors (Lipinski definition) is 2. The van der Waals surface area contributed by atoms with E-state index in [-0.39, 0.29) is 6.04 Å². The fourth-order valence-corrected chi connectivity index (χ4v) is 2.58. The summed E-state index contributed by atoms with van der Waals surface area (Å²) in [5, 5.41) is 4.71. The van der Waals surface area contributed by atoms with Gasteiger partial charge in [0.15, 0.2) is 0 Å². The molecule has 1 unspecified atom stereocenters. The van der Waals surface area contributed by atoms with Crippen molar-refractivity contribution in [2.24, 2.45) is 0 Å². The minimum absolute atomic E-state index is 0.192. The lowest BCUT2D eigenvalue weighted by molar-refractivity contribution is 0.450. The summed E-state index contributed by atoms with van der Waals surface area (Å²) in [5.41, 5.74) is 5.00. The molecule has 0 radical (unpaired) electrons. The Kier molecular flexibility index (Phi) is 3.80. The molecule has 0 aliphatic rings. The van der Waals surface area contributed by atoms with Crippen molar-refractivity contribution in [2.75, 3.05) is 0 Å². The SMILES string of the molecule is Cc1cccc(CNC(C)c2cc3ccccc3o2)c1C. The zero-order chi connectivity index (χ0) is 14.8. The first-order valence-electron chi connectivity index (χ1n) is 7.42. The first-order valence-corrected chi connectivity index (χ1v) is 7.42. The maximum atomic E-state index is 5.91. The van der Waals surface area contributed by atoms with Crippen molar-refractivity contribution in [2.45, 2.75) is 33.4 Å². The predicted molar refractivity (Wildman–Crippen MR) is 87.4 cm³/mol. The summed E-state index contributed by atoms with van der Waals surface area (Å²) in [6.07, 6.45) is 0. The van der Waals surface area contributed by atoms with E-state index in [0.29, 0.717) is 0 Å². The van der Waals surface area contributed by atoms with Gasteiger partial charge in [-0.25, -0.2) is 0 Å². The zero-order valence-corrected chi connectivity index (χ0v) is 12.8. The van der Waals surface area contributed by atoms with Crippen LogP contribution in [-0.2, 0) is 6.54 Å². The number of fused-ring (bicyclic) bond motifs is 1. The van der Waals surface area contributed by atoms with E-state index in [1.165, 1.54) is 16.7 Å². The van der Waals surface area contributed by atoms with Gasteiger partial charge in [0.05, 0.1) is 6.04 Å². The summed E-state index contributed by atoms with van der Waals surface area (Å²) in [6.45, 7) is 7.33. The molecule has 21 heavy (non-hydrogen) atoms. The maximum Gasteiger partial charge on any atom is 0.134 e. The highest BCUT2D eigenvalue weighted by Crippen LogP contribution is 2.24. The molecule has 1 N–H and O–H groups in total. The van der Waals surface area contributed by atoms with Crippen LogP contribution in [0.1, 0.15) is 35.4 Å². The maximum absolute atomic E-state index is 5.91. The van der Waals surface area contributed by atoms with E-state index in [4.69, 9.17) is 4.42 Å². The number of para-hydroxylation sites is 1. The minimum Gasteiger partial charge on any atom is -0.459 e. The molecular weight excluding hydrogens is 258 g/mol. The highest BCUT2D eigenvalue weighted by molar-refractivity contribution is 5.77. The Morgan fingerprint density at radius 1 is 1.05 bits per heavy atom. The van der Waals surface area contributed by atoms with Gasteiger partial charge in [0.25, 0.3) is 0 Å². The first-order chi connectivity index (χ1) is 10.1. The molecule has 3 aromatic rings. The molecule has 0 bridgehead atoms. The quantitative estimate of drug-likeness (QED) is 0.734. The number of aryl methyl sites for hydroxylation is 1. The van der Waals surface area contributed by atoms with Crippen molar-refractivity contribution in [1.82, 2.24) is 5.32 Å². The van der Waals surface area contributed by atoms with E-state index in [9.17, 15) is 0 Å². The Morgan fingerprint density at radius 3 is 2.67 bits per heavy atom. The van der Waals surface area contributed by atoms with Gasteiger partial charge in [0, 0.05) is 11.9 Å². The number of nitrogens with one attached hydrogen (secondary N) is 1. The Balaban J connectivity index is 1.74. The Hall–Kier alpha value is -2.06. The van der Waals surface area contributed by atoms with E-state index in [0.717, 1.165) is 23.3 Å². The van der Waals surface area contributed by atoms with Crippen LogP contribution in [0.3, 0.4) is 0 Å². The fourth-order valence-electron chi connectivity index (χ4n) is 2.58. The Bertz CT molecular complexity index is 724. The topological polar surface area (TPSA) is 25.2 Å². The summed E-state index contributed by atoms with van der Waals surface area (Å²) in [4.78, 5) is 0. The second-order valence-electron chi connectivity index (χ2n) is 5.65. The number of benzene rings is 2. The van der Waals surface area contributed by atoms with Crippen molar-refractivity contribution in [3.63, 3.8) is 0 Å². The summed E-state index contributed by atoms with van der Waals surface area (Å²) in [6, 6.07) is 16.9.